The summed E-state index contributed by atoms with van der Waals surface area (Å²) in [6.45, 7) is 4.05. The number of benzene rings is 1. The van der Waals surface area contributed by atoms with Crippen LogP contribution in [0.15, 0.2) is 36.4 Å². The first kappa shape index (κ1) is 13.6. The zero-order valence-corrected chi connectivity index (χ0v) is 12.2. The van der Waals surface area contributed by atoms with Crippen LogP contribution < -0.4 is 5.32 Å². The van der Waals surface area contributed by atoms with E-state index in [1.54, 1.807) is 0 Å². The maximum absolute atomic E-state index is 5.77. The average Bonchev–Trinajstić information content (AvgIpc) is 2.87. The topological polar surface area (TPSA) is 12.0 Å². The zero-order chi connectivity index (χ0) is 12.8. The van der Waals surface area contributed by atoms with Gasteiger partial charge in [-0.2, -0.15) is 0 Å². The second kappa shape index (κ2) is 6.93. The van der Waals surface area contributed by atoms with Crippen LogP contribution >= 0.6 is 22.9 Å². The minimum absolute atomic E-state index is 0.586. The Hall–Kier alpha value is -0.830. The van der Waals surface area contributed by atoms with Crippen molar-refractivity contribution in [3.63, 3.8) is 0 Å². The van der Waals surface area contributed by atoms with E-state index in [2.05, 4.69) is 48.6 Å². The molecule has 0 aliphatic rings. The molecule has 0 amide bonds. The highest BCUT2D eigenvalue weighted by atomic mass is 35.5. The van der Waals surface area contributed by atoms with Crippen LogP contribution in [0.25, 0.3) is 0 Å². The molecule has 1 aromatic heterocycles. The Kier molecular flexibility index (Phi) is 5.24. The van der Waals surface area contributed by atoms with Crippen molar-refractivity contribution in [2.75, 3.05) is 0 Å². The Morgan fingerprint density at radius 1 is 0.944 bits per heavy atom. The van der Waals surface area contributed by atoms with Crippen molar-refractivity contribution in [1.82, 2.24) is 5.32 Å². The quantitative estimate of drug-likeness (QED) is 0.776. The fourth-order valence-corrected chi connectivity index (χ4v) is 2.89. The number of aryl methyl sites for hydroxylation is 1. The highest BCUT2D eigenvalue weighted by molar-refractivity contribution is 7.11. The summed E-state index contributed by atoms with van der Waals surface area (Å²) in [6.07, 6.45) is 1.13. The molecule has 96 valence electrons. The van der Waals surface area contributed by atoms with Gasteiger partial charge in [0.1, 0.15) is 0 Å². The Bertz CT molecular complexity index is 475. The molecule has 1 N–H and O–H groups in total. The van der Waals surface area contributed by atoms with Crippen molar-refractivity contribution in [2.45, 2.75) is 32.3 Å². The largest absolute Gasteiger partial charge is 0.308 e. The summed E-state index contributed by atoms with van der Waals surface area (Å²) in [7, 11) is 0. The van der Waals surface area contributed by atoms with E-state index >= 15 is 0 Å². The summed E-state index contributed by atoms with van der Waals surface area (Å²) >= 11 is 7.66. The first-order valence-electron chi connectivity index (χ1n) is 6.24. The average molecular weight is 280 g/mol. The third-order valence-corrected chi connectivity index (χ3v) is 4.41. The predicted molar refractivity (Wildman–Crippen MR) is 80.2 cm³/mol. The molecule has 0 bridgehead atoms. The van der Waals surface area contributed by atoms with Crippen molar-refractivity contribution in [1.29, 1.82) is 0 Å². The van der Waals surface area contributed by atoms with E-state index in [9.17, 15) is 0 Å². The number of halogens is 1. The van der Waals surface area contributed by atoms with Crippen LogP contribution in [0.2, 0.25) is 0 Å². The molecule has 0 aliphatic heterocycles. The molecule has 1 nitrogen and oxygen atoms in total. The van der Waals surface area contributed by atoms with Gasteiger partial charge in [-0.15, -0.1) is 22.9 Å². The SMILES string of the molecule is CCc1ccc(CNCc2ccc(CCl)cc2)s1. The van der Waals surface area contributed by atoms with Gasteiger partial charge < -0.3 is 5.32 Å². The van der Waals surface area contributed by atoms with Gasteiger partial charge in [0, 0.05) is 28.7 Å². The van der Waals surface area contributed by atoms with Crippen LogP contribution in [0.3, 0.4) is 0 Å². The van der Waals surface area contributed by atoms with E-state index in [0.717, 1.165) is 19.5 Å². The zero-order valence-electron chi connectivity index (χ0n) is 10.6. The van der Waals surface area contributed by atoms with Crippen molar-refractivity contribution in [3.8, 4) is 0 Å². The molecule has 18 heavy (non-hydrogen) atoms. The number of alkyl halides is 1. The molecule has 2 aromatic rings. The lowest BCUT2D eigenvalue weighted by atomic mass is 10.1. The maximum atomic E-state index is 5.77. The van der Waals surface area contributed by atoms with Crippen molar-refractivity contribution >= 4 is 22.9 Å². The van der Waals surface area contributed by atoms with Gasteiger partial charge >= 0.3 is 0 Å². The molecule has 0 aliphatic carbocycles. The summed E-state index contributed by atoms with van der Waals surface area (Å²) in [5.41, 5.74) is 2.47. The van der Waals surface area contributed by atoms with E-state index in [1.165, 1.54) is 20.9 Å². The van der Waals surface area contributed by atoms with Crippen LogP contribution in [-0.4, -0.2) is 0 Å². The van der Waals surface area contributed by atoms with E-state index in [1.807, 2.05) is 11.3 Å². The second-order valence-corrected chi connectivity index (χ2v) is 5.80. The fourth-order valence-electron chi connectivity index (χ4n) is 1.78. The van der Waals surface area contributed by atoms with E-state index in [-0.39, 0.29) is 0 Å². The van der Waals surface area contributed by atoms with E-state index in [4.69, 9.17) is 11.6 Å². The fraction of sp³-hybridized carbons (Fsp3) is 0.333. The molecule has 1 aromatic carbocycles. The monoisotopic (exact) mass is 279 g/mol. The minimum Gasteiger partial charge on any atom is -0.308 e. The summed E-state index contributed by atoms with van der Waals surface area (Å²) in [6, 6.07) is 12.9. The van der Waals surface area contributed by atoms with Crippen LogP contribution in [0.5, 0.6) is 0 Å². The van der Waals surface area contributed by atoms with Crippen LogP contribution in [-0.2, 0) is 25.4 Å². The molecule has 0 radical (unpaired) electrons. The summed E-state index contributed by atoms with van der Waals surface area (Å²) in [5, 5.41) is 3.47. The summed E-state index contributed by atoms with van der Waals surface area (Å²) in [4.78, 5) is 2.86. The number of thiophene rings is 1. The van der Waals surface area contributed by atoms with Crippen LogP contribution in [0.1, 0.15) is 27.8 Å². The Labute approximate surface area is 118 Å². The lowest BCUT2D eigenvalue weighted by Gasteiger charge is -2.04. The number of hydrogen-bond acceptors (Lipinski definition) is 2. The second-order valence-electron chi connectivity index (χ2n) is 4.28. The number of hydrogen-bond donors (Lipinski definition) is 1. The lowest BCUT2D eigenvalue weighted by Crippen LogP contribution is -2.11. The third-order valence-electron chi connectivity index (χ3n) is 2.87. The van der Waals surface area contributed by atoms with E-state index < -0.39 is 0 Å². The van der Waals surface area contributed by atoms with E-state index in [0.29, 0.717) is 5.88 Å². The van der Waals surface area contributed by atoms with Crippen molar-refractivity contribution < 1.29 is 0 Å². The highest BCUT2D eigenvalue weighted by Crippen LogP contribution is 2.16. The molecule has 0 spiro atoms. The maximum Gasteiger partial charge on any atom is 0.0474 e. The predicted octanol–water partition coefficient (Wildman–Crippen LogP) is 4.34. The van der Waals surface area contributed by atoms with Gasteiger partial charge in [-0.05, 0) is 29.7 Å². The van der Waals surface area contributed by atoms with Gasteiger partial charge in [0.15, 0.2) is 0 Å². The number of rotatable bonds is 6. The molecule has 0 atom stereocenters. The molecular formula is C15H18ClNS. The molecule has 0 unspecified atom stereocenters. The normalized spacial score (nSPS) is 10.8. The van der Waals surface area contributed by atoms with Crippen LogP contribution in [0, 0.1) is 0 Å². The number of nitrogens with one attached hydrogen (secondary N) is 1. The Morgan fingerprint density at radius 2 is 1.61 bits per heavy atom. The molecule has 1 heterocycles. The first-order chi connectivity index (χ1) is 8.81. The molecule has 3 heteroatoms. The van der Waals surface area contributed by atoms with Crippen molar-refractivity contribution in [3.05, 3.63) is 57.3 Å². The lowest BCUT2D eigenvalue weighted by molar-refractivity contribution is 0.701. The van der Waals surface area contributed by atoms with Gasteiger partial charge in [0.2, 0.25) is 0 Å². The molecule has 0 saturated carbocycles. The summed E-state index contributed by atoms with van der Waals surface area (Å²) < 4.78 is 0. The third kappa shape index (κ3) is 3.84. The Morgan fingerprint density at radius 3 is 2.22 bits per heavy atom. The van der Waals surface area contributed by atoms with Gasteiger partial charge in [-0.25, -0.2) is 0 Å². The van der Waals surface area contributed by atoms with Gasteiger partial charge in [0.05, 0.1) is 0 Å². The Balaban J connectivity index is 1.80. The molecule has 0 fully saturated rings. The minimum atomic E-state index is 0.586. The smallest absolute Gasteiger partial charge is 0.0474 e. The first-order valence-corrected chi connectivity index (χ1v) is 7.59. The molecule has 2 rings (SSSR count). The molecule has 0 saturated heterocycles. The molecular weight excluding hydrogens is 262 g/mol. The van der Waals surface area contributed by atoms with Gasteiger partial charge in [-0.3, -0.25) is 0 Å². The van der Waals surface area contributed by atoms with Crippen LogP contribution in [0.4, 0.5) is 0 Å². The standard InChI is InChI=1S/C15H18ClNS/c1-2-14-7-8-15(18-14)11-17-10-13-5-3-12(9-16)4-6-13/h3-8,17H,2,9-11H2,1H3. The van der Waals surface area contributed by atoms with Crippen molar-refractivity contribution in [2.24, 2.45) is 0 Å². The highest BCUT2D eigenvalue weighted by Gasteiger charge is 1.99. The van der Waals surface area contributed by atoms with Gasteiger partial charge in [-0.1, -0.05) is 31.2 Å². The van der Waals surface area contributed by atoms with Gasteiger partial charge in [0.25, 0.3) is 0 Å². The summed E-state index contributed by atoms with van der Waals surface area (Å²) in [5.74, 6) is 0.586.